The van der Waals surface area contributed by atoms with Crippen molar-refractivity contribution < 1.29 is 17.6 Å². The van der Waals surface area contributed by atoms with Crippen molar-refractivity contribution in [2.75, 3.05) is 19.6 Å². The summed E-state index contributed by atoms with van der Waals surface area (Å²) >= 11 is 0. The van der Waals surface area contributed by atoms with E-state index in [0.29, 0.717) is 17.9 Å². The molecule has 0 radical (unpaired) electrons. The van der Waals surface area contributed by atoms with Gasteiger partial charge in [0.1, 0.15) is 0 Å². The van der Waals surface area contributed by atoms with Crippen LogP contribution in [0.5, 0.6) is 0 Å². The summed E-state index contributed by atoms with van der Waals surface area (Å²) in [6, 6.07) is 2.13. The summed E-state index contributed by atoms with van der Waals surface area (Å²) in [7, 11) is 1.97. The first-order valence-electron chi connectivity index (χ1n) is 11.4. The summed E-state index contributed by atoms with van der Waals surface area (Å²) < 4.78 is 52.4. The van der Waals surface area contributed by atoms with Crippen molar-refractivity contribution in [1.29, 1.82) is 0 Å². The van der Waals surface area contributed by atoms with Gasteiger partial charge < -0.3 is 0 Å². The molecule has 0 spiro atoms. The molecule has 2 heterocycles. The highest BCUT2D eigenvalue weighted by atomic mass is 19.3. The zero-order chi connectivity index (χ0) is 24.2. The summed E-state index contributed by atoms with van der Waals surface area (Å²) in [4.78, 5) is 1.12. The molecule has 1 aliphatic heterocycles. The second kappa shape index (κ2) is 10.7. The van der Waals surface area contributed by atoms with Gasteiger partial charge in [-0.15, -0.1) is 0 Å². The fraction of sp³-hybridized carbons (Fsp3) is 0.875. The molecule has 2 fully saturated rings. The van der Waals surface area contributed by atoms with Crippen LogP contribution in [0.1, 0.15) is 85.0 Å². The number of rotatable bonds is 4. The number of nitrogens with zero attached hydrogens (tertiary/aromatic N) is 3. The highest BCUT2D eigenvalue weighted by Gasteiger charge is 2.62. The molecule has 0 atom stereocenters. The Morgan fingerprint density at radius 1 is 1.03 bits per heavy atom. The minimum absolute atomic E-state index is 0.129. The van der Waals surface area contributed by atoms with Crippen molar-refractivity contribution in [3.63, 3.8) is 0 Å². The number of likely N-dealkylation sites (tertiary alicyclic amines) is 1. The summed E-state index contributed by atoms with van der Waals surface area (Å²) in [6.07, 6.45) is 4.43. The van der Waals surface area contributed by atoms with Crippen LogP contribution < -0.4 is 0 Å². The first-order chi connectivity index (χ1) is 13.9. The Balaban J connectivity index is 0.000000240. The Bertz CT molecular complexity index is 635. The SMILES string of the molecule is CC(C)(C)CC1CC1.CC(C)CN1CC(F)(F)C(F)(F)C1.Cc1cc(C(C)C)nn1C. The average molecular weight is 450 g/mol. The fourth-order valence-corrected chi connectivity index (χ4v) is 3.55. The summed E-state index contributed by atoms with van der Waals surface area (Å²) in [5.41, 5.74) is 2.99. The molecular weight excluding hydrogens is 406 g/mol. The number of hydrogen-bond donors (Lipinski definition) is 0. The van der Waals surface area contributed by atoms with Crippen molar-refractivity contribution in [2.45, 2.75) is 92.4 Å². The molecule has 1 aromatic heterocycles. The van der Waals surface area contributed by atoms with Crippen LogP contribution in [0.4, 0.5) is 17.6 Å². The average Bonchev–Trinajstić information content (AvgIpc) is 3.23. The lowest BCUT2D eigenvalue weighted by atomic mass is 9.90. The Labute approximate surface area is 186 Å². The first kappa shape index (κ1) is 27.9. The third-order valence-corrected chi connectivity index (χ3v) is 5.33. The van der Waals surface area contributed by atoms with E-state index in [2.05, 4.69) is 52.7 Å². The molecule has 0 N–H and O–H groups in total. The van der Waals surface area contributed by atoms with E-state index in [9.17, 15) is 17.6 Å². The Morgan fingerprint density at radius 2 is 1.52 bits per heavy atom. The van der Waals surface area contributed by atoms with Crippen LogP contribution in [-0.2, 0) is 7.05 Å². The molecule has 0 amide bonds. The first-order valence-corrected chi connectivity index (χ1v) is 11.4. The third-order valence-electron chi connectivity index (χ3n) is 5.33. The molecule has 1 aliphatic carbocycles. The molecule has 182 valence electrons. The number of hydrogen-bond acceptors (Lipinski definition) is 2. The van der Waals surface area contributed by atoms with Gasteiger partial charge in [0.2, 0.25) is 0 Å². The number of aromatic nitrogens is 2. The van der Waals surface area contributed by atoms with Crippen LogP contribution in [0.15, 0.2) is 6.07 Å². The number of alkyl halides is 4. The van der Waals surface area contributed by atoms with Crippen LogP contribution >= 0.6 is 0 Å². The van der Waals surface area contributed by atoms with Gasteiger partial charge in [0.15, 0.2) is 0 Å². The highest BCUT2D eigenvalue weighted by molar-refractivity contribution is 5.11. The molecule has 1 saturated carbocycles. The quantitative estimate of drug-likeness (QED) is 0.466. The Morgan fingerprint density at radius 3 is 1.74 bits per heavy atom. The number of halogens is 4. The van der Waals surface area contributed by atoms with E-state index in [4.69, 9.17) is 0 Å². The molecular formula is C24H43F4N3. The minimum atomic E-state index is -3.86. The van der Waals surface area contributed by atoms with Gasteiger partial charge in [-0.05, 0) is 42.6 Å². The predicted molar refractivity (Wildman–Crippen MR) is 120 cm³/mol. The monoisotopic (exact) mass is 449 g/mol. The van der Waals surface area contributed by atoms with Crippen molar-refractivity contribution in [3.8, 4) is 0 Å². The molecule has 2 aliphatic rings. The fourth-order valence-electron chi connectivity index (χ4n) is 3.55. The van der Waals surface area contributed by atoms with Gasteiger partial charge in [-0.1, -0.05) is 61.3 Å². The van der Waals surface area contributed by atoms with Gasteiger partial charge in [-0.2, -0.15) is 22.7 Å². The van der Waals surface area contributed by atoms with Gasteiger partial charge in [-0.25, -0.2) is 0 Å². The van der Waals surface area contributed by atoms with Gasteiger partial charge in [-0.3, -0.25) is 9.58 Å². The predicted octanol–water partition coefficient (Wildman–Crippen LogP) is 6.91. The van der Waals surface area contributed by atoms with Crippen LogP contribution in [0.3, 0.4) is 0 Å². The molecule has 0 bridgehead atoms. The van der Waals surface area contributed by atoms with E-state index in [0.717, 1.165) is 10.8 Å². The lowest BCUT2D eigenvalue weighted by molar-refractivity contribution is -0.172. The summed E-state index contributed by atoms with van der Waals surface area (Å²) in [5.74, 6) is -5.95. The van der Waals surface area contributed by atoms with Gasteiger partial charge in [0.05, 0.1) is 18.8 Å². The van der Waals surface area contributed by atoms with E-state index in [1.807, 2.05) is 25.6 Å². The molecule has 0 unspecified atom stereocenters. The van der Waals surface area contributed by atoms with Gasteiger partial charge in [0.25, 0.3) is 0 Å². The van der Waals surface area contributed by atoms with Crippen molar-refractivity contribution in [2.24, 2.45) is 24.3 Å². The maximum Gasteiger partial charge on any atom is 0.323 e. The highest BCUT2D eigenvalue weighted by Crippen LogP contribution is 2.41. The molecule has 7 heteroatoms. The molecule has 3 rings (SSSR count). The normalized spacial score (nSPS) is 20.4. The maximum absolute atomic E-state index is 12.6. The van der Waals surface area contributed by atoms with Gasteiger partial charge >= 0.3 is 11.8 Å². The van der Waals surface area contributed by atoms with Crippen LogP contribution in [0, 0.1) is 24.2 Å². The van der Waals surface area contributed by atoms with E-state index in [-0.39, 0.29) is 5.92 Å². The van der Waals surface area contributed by atoms with Gasteiger partial charge in [0, 0.05) is 19.3 Å². The standard InChI is InChI=1S/C8H13F4N.C8H14N2.C8H16/c1-6(2)3-13-4-7(9,10)8(11,12)5-13;1-6(2)8-5-7(3)10(4)9-8;1-8(2,3)6-7-4-5-7/h6H,3-5H2,1-2H3;5-6H,1-4H3;7H,4-6H2,1-3H3. The van der Waals surface area contributed by atoms with Crippen molar-refractivity contribution in [1.82, 2.24) is 14.7 Å². The molecule has 0 aromatic carbocycles. The van der Waals surface area contributed by atoms with Crippen LogP contribution in [0.2, 0.25) is 0 Å². The zero-order valence-electron chi connectivity index (χ0n) is 20.9. The Kier molecular flexibility index (Phi) is 9.61. The van der Waals surface area contributed by atoms with E-state index >= 15 is 0 Å². The molecule has 1 saturated heterocycles. The maximum atomic E-state index is 12.6. The smallest absolute Gasteiger partial charge is 0.291 e. The zero-order valence-corrected chi connectivity index (χ0v) is 20.9. The lowest BCUT2D eigenvalue weighted by Gasteiger charge is -2.16. The lowest BCUT2D eigenvalue weighted by Crippen LogP contribution is -2.38. The number of aryl methyl sites for hydroxylation is 2. The van der Waals surface area contributed by atoms with Crippen molar-refractivity contribution >= 4 is 0 Å². The third kappa shape index (κ3) is 9.92. The van der Waals surface area contributed by atoms with Crippen LogP contribution in [-0.4, -0.2) is 46.2 Å². The van der Waals surface area contributed by atoms with Crippen LogP contribution in [0.25, 0.3) is 0 Å². The molecule has 1 aromatic rings. The van der Waals surface area contributed by atoms with Crippen molar-refractivity contribution in [3.05, 3.63) is 17.5 Å². The van der Waals surface area contributed by atoms with E-state index in [1.165, 1.54) is 30.7 Å². The molecule has 31 heavy (non-hydrogen) atoms. The van der Waals surface area contributed by atoms with E-state index in [1.54, 1.807) is 0 Å². The Hall–Kier alpha value is -1.11. The minimum Gasteiger partial charge on any atom is -0.291 e. The second-order valence-corrected chi connectivity index (χ2v) is 11.2. The summed E-state index contributed by atoms with van der Waals surface area (Å²) in [6.45, 7) is 15.6. The molecule has 3 nitrogen and oxygen atoms in total. The van der Waals surface area contributed by atoms with E-state index < -0.39 is 24.9 Å². The second-order valence-electron chi connectivity index (χ2n) is 11.2. The largest absolute Gasteiger partial charge is 0.323 e. The summed E-state index contributed by atoms with van der Waals surface area (Å²) in [5, 5.41) is 4.33. The topological polar surface area (TPSA) is 21.1 Å².